The van der Waals surface area contributed by atoms with E-state index in [1.54, 1.807) is 28.0 Å². The summed E-state index contributed by atoms with van der Waals surface area (Å²) in [6, 6.07) is 3.40. The molecule has 0 N–H and O–H groups in total. The first-order valence-electron chi connectivity index (χ1n) is 8.15. The molecule has 24 heavy (non-hydrogen) atoms. The van der Waals surface area contributed by atoms with Gasteiger partial charge in [0.25, 0.3) is 5.91 Å². The van der Waals surface area contributed by atoms with Gasteiger partial charge in [0, 0.05) is 6.54 Å². The molecule has 0 aliphatic carbocycles. The highest BCUT2D eigenvalue weighted by Crippen LogP contribution is 2.34. The van der Waals surface area contributed by atoms with Crippen molar-refractivity contribution in [2.75, 3.05) is 26.3 Å². The van der Waals surface area contributed by atoms with Crippen molar-refractivity contribution in [1.29, 1.82) is 0 Å². The molecule has 0 saturated carbocycles. The van der Waals surface area contributed by atoms with E-state index in [9.17, 15) is 4.79 Å². The van der Waals surface area contributed by atoms with Crippen LogP contribution in [0.2, 0.25) is 0 Å². The Morgan fingerprint density at radius 2 is 2.42 bits per heavy atom. The molecule has 2 aliphatic rings. The molecule has 1 amide bonds. The van der Waals surface area contributed by atoms with Gasteiger partial charge < -0.3 is 18.8 Å². The Bertz CT molecular complexity index is 672. The zero-order valence-corrected chi connectivity index (χ0v) is 13.3. The van der Waals surface area contributed by atoms with Crippen molar-refractivity contribution < 1.29 is 18.7 Å². The largest absolute Gasteiger partial charge is 0.459 e. The molecule has 2 fully saturated rings. The van der Waals surface area contributed by atoms with Gasteiger partial charge in [0.05, 0.1) is 38.7 Å². The Hall–Kier alpha value is -2.19. The topological polar surface area (TPSA) is 82.6 Å². The fourth-order valence-electron chi connectivity index (χ4n) is 3.42. The van der Waals surface area contributed by atoms with Gasteiger partial charge in [-0.3, -0.25) is 9.48 Å². The lowest BCUT2D eigenvalue weighted by Gasteiger charge is -2.31. The predicted molar refractivity (Wildman–Crippen MR) is 82.3 cm³/mol. The van der Waals surface area contributed by atoms with Gasteiger partial charge >= 0.3 is 0 Å². The summed E-state index contributed by atoms with van der Waals surface area (Å²) in [7, 11) is 0. The lowest BCUT2D eigenvalue weighted by molar-refractivity contribution is -0.0882. The first kappa shape index (κ1) is 15.3. The maximum absolute atomic E-state index is 12.6. The van der Waals surface area contributed by atoms with E-state index in [0.717, 1.165) is 12.8 Å². The Morgan fingerprint density at radius 1 is 1.46 bits per heavy atom. The second-order valence-corrected chi connectivity index (χ2v) is 6.34. The van der Waals surface area contributed by atoms with Gasteiger partial charge in [-0.2, -0.15) is 5.10 Å². The van der Waals surface area contributed by atoms with Gasteiger partial charge in [-0.25, -0.2) is 4.98 Å². The van der Waals surface area contributed by atoms with Crippen molar-refractivity contribution in [1.82, 2.24) is 19.7 Å². The number of amides is 1. The smallest absolute Gasteiger partial charge is 0.289 e. The van der Waals surface area contributed by atoms with Crippen LogP contribution in [0.15, 0.2) is 35.5 Å². The number of hydrogen-bond acceptors (Lipinski definition) is 6. The van der Waals surface area contributed by atoms with Crippen LogP contribution in [0.4, 0.5) is 0 Å². The average molecular weight is 332 g/mol. The molecule has 128 valence electrons. The third-order valence-electron chi connectivity index (χ3n) is 4.56. The molecule has 4 heterocycles. The molecular weight excluding hydrogens is 312 g/mol. The second kappa shape index (κ2) is 6.37. The monoisotopic (exact) mass is 332 g/mol. The molecule has 0 radical (unpaired) electrons. The van der Waals surface area contributed by atoms with Crippen LogP contribution >= 0.6 is 0 Å². The molecule has 2 atom stereocenters. The number of aromatic nitrogens is 3. The van der Waals surface area contributed by atoms with Gasteiger partial charge in [-0.15, -0.1) is 0 Å². The lowest BCUT2D eigenvalue weighted by Crippen LogP contribution is -2.46. The molecule has 0 bridgehead atoms. The maximum atomic E-state index is 12.6. The van der Waals surface area contributed by atoms with E-state index in [2.05, 4.69) is 10.1 Å². The minimum absolute atomic E-state index is 0.0500. The van der Waals surface area contributed by atoms with Gasteiger partial charge in [0.15, 0.2) is 5.76 Å². The van der Waals surface area contributed by atoms with Crippen LogP contribution in [0.1, 0.15) is 23.4 Å². The van der Waals surface area contributed by atoms with Crippen molar-refractivity contribution in [3.05, 3.63) is 36.8 Å². The Labute approximate surface area is 139 Å². The summed E-state index contributed by atoms with van der Waals surface area (Å²) in [5, 5.41) is 4.13. The summed E-state index contributed by atoms with van der Waals surface area (Å²) in [6.07, 6.45) is 6.53. The highest BCUT2D eigenvalue weighted by atomic mass is 16.6. The van der Waals surface area contributed by atoms with Crippen molar-refractivity contribution in [2.24, 2.45) is 0 Å². The van der Waals surface area contributed by atoms with Crippen LogP contribution in [-0.4, -0.2) is 63.6 Å². The highest BCUT2D eigenvalue weighted by molar-refractivity contribution is 5.91. The highest BCUT2D eigenvalue weighted by Gasteiger charge is 2.44. The van der Waals surface area contributed by atoms with Gasteiger partial charge in [0.1, 0.15) is 18.3 Å². The van der Waals surface area contributed by atoms with Crippen molar-refractivity contribution in [3.63, 3.8) is 0 Å². The summed E-state index contributed by atoms with van der Waals surface area (Å²) in [4.78, 5) is 18.3. The minimum Gasteiger partial charge on any atom is -0.459 e. The van der Waals surface area contributed by atoms with E-state index in [1.165, 1.54) is 12.6 Å². The van der Waals surface area contributed by atoms with Crippen LogP contribution in [0.3, 0.4) is 0 Å². The molecular formula is C16H20N4O4. The van der Waals surface area contributed by atoms with E-state index in [0.29, 0.717) is 38.6 Å². The Kier molecular flexibility index (Phi) is 4.07. The zero-order valence-electron chi connectivity index (χ0n) is 13.3. The lowest BCUT2D eigenvalue weighted by atomic mass is 10.00. The van der Waals surface area contributed by atoms with Crippen molar-refractivity contribution in [2.45, 2.75) is 31.1 Å². The Morgan fingerprint density at radius 3 is 3.21 bits per heavy atom. The molecule has 2 saturated heterocycles. The molecule has 0 aromatic carbocycles. The van der Waals surface area contributed by atoms with E-state index in [1.807, 2.05) is 0 Å². The van der Waals surface area contributed by atoms with E-state index < -0.39 is 5.60 Å². The summed E-state index contributed by atoms with van der Waals surface area (Å²) in [5.74, 6) is 0.234. The number of carbonyl (C=O) groups excluding carboxylic acids is 1. The quantitative estimate of drug-likeness (QED) is 0.833. The molecule has 8 nitrogen and oxygen atoms in total. The maximum Gasteiger partial charge on any atom is 0.289 e. The Balaban J connectivity index is 1.45. The summed E-state index contributed by atoms with van der Waals surface area (Å²) < 4.78 is 19.0. The summed E-state index contributed by atoms with van der Waals surface area (Å²) in [5.41, 5.74) is -0.454. The SMILES string of the molecule is O=C(c1ccco1)N1CCOCC2(CCC(Cn3cncn3)O2)C1. The zero-order chi connectivity index (χ0) is 16.4. The predicted octanol–water partition coefficient (Wildman–Crippen LogP) is 0.962. The third kappa shape index (κ3) is 3.07. The molecule has 8 heteroatoms. The standard InChI is InChI=1S/C16H20N4O4/c21-15(14-2-1-6-23-14)19-5-7-22-10-16(9-19)4-3-13(24-16)8-20-12-17-11-18-20/h1-2,6,11-13H,3-5,7-10H2. The molecule has 2 aliphatic heterocycles. The molecule has 2 unspecified atom stereocenters. The fourth-order valence-corrected chi connectivity index (χ4v) is 3.42. The molecule has 2 aromatic rings. The number of carbonyl (C=O) groups is 1. The number of ether oxygens (including phenoxy) is 2. The van der Waals surface area contributed by atoms with E-state index in [4.69, 9.17) is 13.9 Å². The first-order valence-corrected chi connectivity index (χ1v) is 8.15. The summed E-state index contributed by atoms with van der Waals surface area (Å²) in [6.45, 7) is 2.72. The van der Waals surface area contributed by atoms with Crippen LogP contribution in [0.5, 0.6) is 0 Å². The number of nitrogens with zero attached hydrogens (tertiary/aromatic N) is 4. The van der Waals surface area contributed by atoms with Crippen molar-refractivity contribution in [3.8, 4) is 0 Å². The van der Waals surface area contributed by atoms with Crippen LogP contribution in [-0.2, 0) is 16.0 Å². The normalized spacial score (nSPS) is 27.5. The molecule has 4 rings (SSSR count). The average Bonchev–Trinajstić information content (AvgIpc) is 3.30. The number of furan rings is 1. The fraction of sp³-hybridized carbons (Fsp3) is 0.562. The van der Waals surface area contributed by atoms with Crippen molar-refractivity contribution >= 4 is 5.91 Å². The van der Waals surface area contributed by atoms with E-state index >= 15 is 0 Å². The molecule has 1 spiro atoms. The van der Waals surface area contributed by atoms with Crippen LogP contribution < -0.4 is 0 Å². The van der Waals surface area contributed by atoms with Crippen LogP contribution in [0.25, 0.3) is 0 Å². The summed E-state index contributed by atoms with van der Waals surface area (Å²) >= 11 is 0. The van der Waals surface area contributed by atoms with Crippen LogP contribution in [0, 0.1) is 0 Å². The van der Waals surface area contributed by atoms with E-state index in [-0.39, 0.29) is 12.0 Å². The number of rotatable bonds is 3. The third-order valence-corrected chi connectivity index (χ3v) is 4.56. The van der Waals surface area contributed by atoms with Gasteiger partial charge in [0.2, 0.25) is 0 Å². The van der Waals surface area contributed by atoms with Gasteiger partial charge in [-0.1, -0.05) is 0 Å². The number of hydrogen-bond donors (Lipinski definition) is 0. The molecule has 2 aromatic heterocycles. The minimum atomic E-state index is -0.454. The first-order chi connectivity index (χ1) is 11.7. The second-order valence-electron chi connectivity index (χ2n) is 6.34. The van der Waals surface area contributed by atoms with Gasteiger partial charge in [-0.05, 0) is 25.0 Å².